The molecule has 0 fully saturated rings. The third kappa shape index (κ3) is 6.74. The number of halogens is 1. The number of fused-ring (bicyclic) bond motifs is 1. The van der Waals surface area contributed by atoms with E-state index in [4.69, 9.17) is 25.8 Å². The van der Waals surface area contributed by atoms with Crippen LogP contribution < -0.4 is 15.6 Å². The first-order chi connectivity index (χ1) is 18.7. The molecule has 1 N–H and O–H groups in total. The highest BCUT2D eigenvalue weighted by Crippen LogP contribution is 2.34. The fraction of sp³-hybridized carbons (Fsp3) is 0.241. The Balaban J connectivity index is 1.53. The maximum Gasteiger partial charge on any atom is 0.412 e. The SMILES string of the molecule is CC(C)OC(=O)Nc1c(-c2cccc(OCCCOC(=O)c3cccc(Cl)c3)c2)c2cccnc2n(C)c1=O. The number of aromatic nitrogens is 2. The van der Waals surface area contributed by atoms with E-state index >= 15 is 0 Å². The summed E-state index contributed by atoms with van der Waals surface area (Å²) in [6.45, 7) is 3.91. The molecule has 4 rings (SSSR count). The van der Waals surface area contributed by atoms with Crippen molar-refractivity contribution in [2.45, 2.75) is 26.4 Å². The molecule has 202 valence electrons. The molecule has 10 heteroatoms. The Morgan fingerprint density at radius 2 is 1.85 bits per heavy atom. The molecule has 0 aliphatic rings. The predicted octanol–water partition coefficient (Wildman–Crippen LogP) is 5.84. The molecule has 0 aliphatic carbocycles. The lowest BCUT2D eigenvalue weighted by Gasteiger charge is -2.17. The quantitative estimate of drug-likeness (QED) is 0.206. The van der Waals surface area contributed by atoms with Crippen LogP contribution in [0.15, 0.2) is 71.7 Å². The molecule has 2 aromatic heterocycles. The Morgan fingerprint density at radius 1 is 1.05 bits per heavy atom. The van der Waals surface area contributed by atoms with Crippen molar-refractivity contribution in [3.8, 4) is 16.9 Å². The molecule has 0 spiro atoms. The van der Waals surface area contributed by atoms with E-state index in [-0.39, 0.29) is 25.0 Å². The Kier molecular flexibility index (Phi) is 8.83. The molecular weight excluding hydrogens is 522 g/mol. The highest BCUT2D eigenvalue weighted by molar-refractivity contribution is 6.30. The minimum absolute atomic E-state index is 0.0775. The highest BCUT2D eigenvalue weighted by Gasteiger charge is 2.21. The zero-order valence-corrected chi connectivity index (χ0v) is 22.5. The fourth-order valence-corrected chi connectivity index (χ4v) is 4.17. The molecule has 0 unspecified atom stereocenters. The number of nitrogens with one attached hydrogen (secondary N) is 1. The minimum atomic E-state index is -0.730. The van der Waals surface area contributed by atoms with Crippen LogP contribution in [0.3, 0.4) is 0 Å². The van der Waals surface area contributed by atoms with Gasteiger partial charge in [-0.1, -0.05) is 29.8 Å². The van der Waals surface area contributed by atoms with Crippen LogP contribution in [0.4, 0.5) is 10.5 Å². The number of carbonyl (C=O) groups excluding carboxylic acids is 2. The molecule has 0 saturated carbocycles. The average Bonchev–Trinajstić information content (AvgIpc) is 2.91. The summed E-state index contributed by atoms with van der Waals surface area (Å²) in [5.41, 5.74) is 1.65. The summed E-state index contributed by atoms with van der Waals surface area (Å²) in [6.07, 6.45) is 0.973. The summed E-state index contributed by atoms with van der Waals surface area (Å²) in [5, 5.41) is 3.76. The Bertz CT molecular complexity index is 1570. The van der Waals surface area contributed by atoms with Gasteiger partial charge in [-0.25, -0.2) is 14.6 Å². The number of nitrogens with zero attached hydrogens (tertiary/aromatic N) is 2. The van der Waals surface area contributed by atoms with Crippen molar-refractivity contribution < 1.29 is 23.8 Å². The van der Waals surface area contributed by atoms with E-state index in [0.717, 1.165) is 0 Å². The van der Waals surface area contributed by atoms with Gasteiger partial charge in [-0.15, -0.1) is 0 Å². The van der Waals surface area contributed by atoms with Gasteiger partial charge in [0.1, 0.15) is 17.1 Å². The van der Waals surface area contributed by atoms with Crippen LogP contribution in [0.25, 0.3) is 22.2 Å². The van der Waals surface area contributed by atoms with Gasteiger partial charge >= 0.3 is 12.1 Å². The van der Waals surface area contributed by atoms with Gasteiger partial charge in [-0.3, -0.25) is 14.7 Å². The van der Waals surface area contributed by atoms with Gasteiger partial charge in [-0.05, 0) is 61.9 Å². The lowest BCUT2D eigenvalue weighted by atomic mass is 10.00. The first-order valence-electron chi connectivity index (χ1n) is 12.4. The zero-order chi connectivity index (χ0) is 27.9. The van der Waals surface area contributed by atoms with Crippen molar-refractivity contribution in [2.75, 3.05) is 18.5 Å². The number of anilines is 1. The summed E-state index contributed by atoms with van der Waals surface area (Å²) in [6, 6.07) is 17.3. The molecule has 0 atom stereocenters. The predicted molar refractivity (Wildman–Crippen MR) is 150 cm³/mol. The molecule has 4 aromatic rings. The number of ether oxygens (including phenoxy) is 3. The van der Waals surface area contributed by atoms with E-state index in [1.807, 2.05) is 12.1 Å². The molecule has 1 amide bonds. The monoisotopic (exact) mass is 549 g/mol. The van der Waals surface area contributed by atoms with E-state index in [1.54, 1.807) is 75.6 Å². The minimum Gasteiger partial charge on any atom is -0.493 e. The number of carbonyl (C=O) groups is 2. The largest absolute Gasteiger partial charge is 0.493 e. The molecule has 0 bridgehead atoms. The number of hydrogen-bond acceptors (Lipinski definition) is 7. The molecule has 2 aromatic carbocycles. The van der Waals surface area contributed by atoms with Gasteiger partial charge in [0.05, 0.1) is 24.9 Å². The van der Waals surface area contributed by atoms with Gasteiger partial charge in [0, 0.05) is 35.6 Å². The van der Waals surface area contributed by atoms with Gasteiger partial charge < -0.3 is 14.2 Å². The van der Waals surface area contributed by atoms with Gasteiger partial charge in [0.25, 0.3) is 5.56 Å². The summed E-state index contributed by atoms with van der Waals surface area (Å²) >= 11 is 5.92. The topological polar surface area (TPSA) is 109 Å². The summed E-state index contributed by atoms with van der Waals surface area (Å²) in [5.74, 6) is 0.0868. The number of aryl methyl sites for hydroxylation is 1. The van der Waals surface area contributed by atoms with Crippen molar-refractivity contribution in [3.63, 3.8) is 0 Å². The second-order valence-corrected chi connectivity index (χ2v) is 9.38. The van der Waals surface area contributed by atoms with E-state index in [2.05, 4.69) is 10.3 Å². The smallest absolute Gasteiger partial charge is 0.412 e. The molecule has 0 saturated heterocycles. The maximum atomic E-state index is 13.3. The number of pyridine rings is 2. The van der Waals surface area contributed by atoms with Crippen molar-refractivity contribution in [3.05, 3.63) is 87.8 Å². The second-order valence-electron chi connectivity index (χ2n) is 8.94. The van der Waals surface area contributed by atoms with Crippen molar-refractivity contribution in [1.82, 2.24) is 9.55 Å². The number of esters is 1. The third-order valence-electron chi connectivity index (χ3n) is 5.69. The van der Waals surface area contributed by atoms with Crippen LogP contribution in [0.5, 0.6) is 5.75 Å². The van der Waals surface area contributed by atoms with Gasteiger partial charge in [0.15, 0.2) is 0 Å². The van der Waals surface area contributed by atoms with Crippen LogP contribution in [-0.2, 0) is 16.5 Å². The molecule has 0 aliphatic heterocycles. The summed E-state index contributed by atoms with van der Waals surface area (Å²) in [4.78, 5) is 42.3. The van der Waals surface area contributed by atoms with Crippen molar-refractivity contribution in [2.24, 2.45) is 7.05 Å². The van der Waals surface area contributed by atoms with Crippen molar-refractivity contribution in [1.29, 1.82) is 0 Å². The lowest BCUT2D eigenvalue weighted by Crippen LogP contribution is -2.27. The van der Waals surface area contributed by atoms with Crippen LogP contribution in [-0.4, -0.2) is 40.9 Å². The average molecular weight is 550 g/mol. The van der Waals surface area contributed by atoms with Gasteiger partial charge in [-0.2, -0.15) is 0 Å². The van der Waals surface area contributed by atoms with E-state index in [0.29, 0.717) is 44.9 Å². The maximum absolute atomic E-state index is 13.3. The molecule has 2 heterocycles. The van der Waals surface area contributed by atoms with E-state index < -0.39 is 17.6 Å². The normalized spacial score (nSPS) is 10.9. The van der Waals surface area contributed by atoms with Crippen LogP contribution >= 0.6 is 11.6 Å². The Hall–Kier alpha value is -4.37. The number of hydrogen-bond donors (Lipinski definition) is 1. The third-order valence-corrected chi connectivity index (χ3v) is 5.92. The van der Waals surface area contributed by atoms with Crippen LogP contribution in [0.1, 0.15) is 30.6 Å². The number of amides is 1. The van der Waals surface area contributed by atoms with E-state index in [9.17, 15) is 14.4 Å². The zero-order valence-electron chi connectivity index (χ0n) is 21.8. The van der Waals surface area contributed by atoms with Crippen LogP contribution in [0.2, 0.25) is 5.02 Å². The molecule has 39 heavy (non-hydrogen) atoms. The fourth-order valence-electron chi connectivity index (χ4n) is 3.98. The number of rotatable bonds is 9. The number of benzene rings is 2. The first-order valence-corrected chi connectivity index (χ1v) is 12.7. The first kappa shape index (κ1) is 27.7. The highest BCUT2D eigenvalue weighted by atomic mass is 35.5. The summed E-state index contributed by atoms with van der Waals surface area (Å²) < 4.78 is 17.8. The van der Waals surface area contributed by atoms with E-state index in [1.165, 1.54) is 4.57 Å². The molecular formula is C29H28ClN3O6. The summed E-state index contributed by atoms with van der Waals surface area (Å²) in [7, 11) is 1.60. The standard InChI is InChI=1S/C29H28ClN3O6/c1-18(2)39-29(36)32-25-24(23-12-6-13-31-26(23)33(3)27(25)34)19-8-5-11-22(17-19)37-14-7-15-38-28(35)20-9-4-10-21(30)16-20/h4-6,8-13,16-18H,7,14-15H2,1-3H3,(H,32,36). The molecule has 0 radical (unpaired) electrons. The Morgan fingerprint density at radius 3 is 2.62 bits per heavy atom. The van der Waals surface area contributed by atoms with Crippen LogP contribution in [0, 0.1) is 0 Å². The second kappa shape index (κ2) is 12.4. The van der Waals surface area contributed by atoms with Gasteiger partial charge in [0.2, 0.25) is 0 Å². The Labute approximate surface area is 230 Å². The lowest BCUT2D eigenvalue weighted by molar-refractivity contribution is 0.0486. The van der Waals surface area contributed by atoms with Crippen molar-refractivity contribution >= 4 is 40.4 Å². The molecule has 9 nitrogen and oxygen atoms in total.